The van der Waals surface area contributed by atoms with Crippen molar-refractivity contribution in [3.8, 4) is 0 Å². The van der Waals surface area contributed by atoms with Gasteiger partial charge in [0.25, 0.3) is 0 Å². The van der Waals surface area contributed by atoms with Crippen LogP contribution in [0.2, 0.25) is 0 Å². The minimum atomic E-state index is -0.279. The van der Waals surface area contributed by atoms with E-state index in [9.17, 15) is 4.79 Å². The van der Waals surface area contributed by atoms with Crippen molar-refractivity contribution in [1.29, 1.82) is 0 Å². The number of rotatable bonds is 5. The summed E-state index contributed by atoms with van der Waals surface area (Å²) >= 11 is 0. The molecule has 0 saturated heterocycles. The fourth-order valence-corrected chi connectivity index (χ4v) is 1.57. The highest BCUT2D eigenvalue weighted by Gasteiger charge is 2.13. The summed E-state index contributed by atoms with van der Waals surface area (Å²) in [6.07, 6.45) is 1.43. The molecule has 0 fully saturated rings. The number of nitrogens with two attached hydrogens (primary N) is 2. The lowest BCUT2D eigenvalue weighted by Crippen LogP contribution is -2.30. The Balaban J connectivity index is 0.00000225. The van der Waals surface area contributed by atoms with Crippen molar-refractivity contribution in [3.05, 3.63) is 35.9 Å². The van der Waals surface area contributed by atoms with Gasteiger partial charge in [0.05, 0.1) is 0 Å². The molecule has 2 unspecified atom stereocenters. The number of amides is 1. The number of carbonyl (C=O) groups excluding carboxylic acids is 1. The summed E-state index contributed by atoms with van der Waals surface area (Å²) in [4.78, 5) is 10.9. The maximum absolute atomic E-state index is 10.9. The van der Waals surface area contributed by atoms with Crippen molar-refractivity contribution >= 4 is 18.3 Å². The Kier molecular flexibility index (Phi) is 6.77. The molecule has 0 aliphatic carbocycles. The number of carbonyl (C=O) groups is 1. The highest BCUT2D eigenvalue weighted by molar-refractivity contribution is 5.85. The molecule has 0 bridgehead atoms. The smallest absolute Gasteiger partial charge is 0.220 e. The van der Waals surface area contributed by atoms with Gasteiger partial charge in [0.15, 0.2) is 0 Å². The molecule has 1 aromatic carbocycles. The van der Waals surface area contributed by atoms with Gasteiger partial charge in [0.2, 0.25) is 5.91 Å². The highest BCUT2D eigenvalue weighted by Crippen LogP contribution is 2.09. The lowest BCUT2D eigenvalue weighted by atomic mass is 9.96. The normalized spacial score (nSPS) is 13.6. The third-order valence-corrected chi connectivity index (χ3v) is 2.48. The van der Waals surface area contributed by atoms with Crippen LogP contribution in [0.4, 0.5) is 0 Å². The first-order chi connectivity index (χ1) is 7.09. The van der Waals surface area contributed by atoms with Crippen molar-refractivity contribution in [2.75, 3.05) is 0 Å². The second-order valence-electron chi connectivity index (χ2n) is 3.99. The Morgan fingerprint density at radius 1 is 1.31 bits per heavy atom. The Morgan fingerprint density at radius 3 is 2.38 bits per heavy atom. The van der Waals surface area contributed by atoms with E-state index in [0.29, 0.717) is 6.42 Å². The highest BCUT2D eigenvalue weighted by atomic mass is 35.5. The molecular formula is C12H19ClN2O. The van der Waals surface area contributed by atoms with Crippen molar-refractivity contribution < 1.29 is 4.79 Å². The molecule has 1 amide bonds. The summed E-state index contributed by atoms with van der Waals surface area (Å²) in [5, 5.41) is 0. The van der Waals surface area contributed by atoms with Gasteiger partial charge in [-0.1, -0.05) is 37.3 Å². The first-order valence-corrected chi connectivity index (χ1v) is 5.18. The predicted octanol–water partition coefficient (Wildman–Crippen LogP) is 1.49. The molecule has 1 rings (SSSR count). The van der Waals surface area contributed by atoms with Crippen LogP contribution in [0.1, 0.15) is 18.9 Å². The Hall–Kier alpha value is -1.06. The zero-order valence-corrected chi connectivity index (χ0v) is 10.2. The maximum atomic E-state index is 10.9. The first kappa shape index (κ1) is 14.9. The number of halogens is 1. The van der Waals surface area contributed by atoms with E-state index >= 15 is 0 Å². The van der Waals surface area contributed by atoms with Crippen molar-refractivity contribution in [1.82, 2.24) is 0 Å². The van der Waals surface area contributed by atoms with E-state index in [4.69, 9.17) is 11.5 Å². The molecular weight excluding hydrogens is 224 g/mol. The van der Waals surface area contributed by atoms with Gasteiger partial charge >= 0.3 is 0 Å². The number of hydrogen-bond donors (Lipinski definition) is 2. The molecule has 1 aromatic rings. The average Bonchev–Trinajstić information content (AvgIpc) is 2.18. The SMILES string of the molecule is CC(CC(N)Cc1ccccc1)C(N)=O.Cl. The summed E-state index contributed by atoms with van der Waals surface area (Å²) in [5.41, 5.74) is 12.3. The fourth-order valence-electron chi connectivity index (χ4n) is 1.57. The molecule has 0 saturated carbocycles. The lowest BCUT2D eigenvalue weighted by molar-refractivity contribution is -0.121. The predicted molar refractivity (Wildman–Crippen MR) is 68.3 cm³/mol. The summed E-state index contributed by atoms with van der Waals surface area (Å²) in [6, 6.07) is 10.0. The van der Waals surface area contributed by atoms with E-state index in [1.165, 1.54) is 5.56 Å². The second-order valence-corrected chi connectivity index (χ2v) is 3.99. The van der Waals surface area contributed by atoms with Gasteiger partial charge in [0.1, 0.15) is 0 Å². The molecule has 0 aliphatic heterocycles. The van der Waals surface area contributed by atoms with Crippen molar-refractivity contribution in [2.24, 2.45) is 17.4 Å². The van der Waals surface area contributed by atoms with Gasteiger partial charge in [0, 0.05) is 12.0 Å². The zero-order chi connectivity index (χ0) is 11.3. The molecule has 4 N–H and O–H groups in total. The molecule has 2 atom stereocenters. The second kappa shape index (κ2) is 7.25. The molecule has 0 heterocycles. The third kappa shape index (κ3) is 5.14. The Morgan fingerprint density at radius 2 is 1.88 bits per heavy atom. The number of benzene rings is 1. The summed E-state index contributed by atoms with van der Waals surface area (Å²) < 4.78 is 0. The zero-order valence-electron chi connectivity index (χ0n) is 9.43. The van der Waals surface area contributed by atoms with Crippen LogP contribution in [0, 0.1) is 5.92 Å². The van der Waals surface area contributed by atoms with E-state index in [1.54, 1.807) is 0 Å². The first-order valence-electron chi connectivity index (χ1n) is 5.18. The van der Waals surface area contributed by atoms with Crippen LogP contribution in [0.15, 0.2) is 30.3 Å². The largest absolute Gasteiger partial charge is 0.369 e. The summed E-state index contributed by atoms with van der Waals surface area (Å²) in [5.74, 6) is -0.428. The van der Waals surface area contributed by atoms with Gasteiger partial charge in [-0.3, -0.25) is 4.79 Å². The molecule has 0 radical (unpaired) electrons. The van der Waals surface area contributed by atoms with Gasteiger partial charge in [-0.25, -0.2) is 0 Å². The Labute approximate surface area is 103 Å². The molecule has 0 spiro atoms. The fraction of sp³-hybridized carbons (Fsp3) is 0.417. The number of hydrogen-bond acceptors (Lipinski definition) is 2. The van der Waals surface area contributed by atoms with E-state index in [2.05, 4.69) is 0 Å². The van der Waals surface area contributed by atoms with Gasteiger partial charge in [-0.05, 0) is 18.4 Å². The lowest BCUT2D eigenvalue weighted by Gasteiger charge is -2.14. The van der Waals surface area contributed by atoms with Gasteiger partial charge < -0.3 is 11.5 Å². The summed E-state index contributed by atoms with van der Waals surface area (Å²) in [7, 11) is 0. The molecule has 16 heavy (non-hydrogen) atoms. The van der Waals surface area contributed by atoms with E-state index in [0.717, 1.165) is 6.42 Å². The molecule has 4 heteroatoms. The van der Waals surface area contributed by atoms with E-state index in [-0.39, 0.29) is 30.3 Å². The van der Waals surface area contributed by atoms with Crippen LogP contribution in [-0.4, -0.2) is 11.9 Å². The minimum absolute atomic E-state index is 0. The van der Waals surface area contributed by atoms with Crippen molar-refractivity contribution in [3.63, 3.8) is 0 Å². The molecule has 0 aromatic heterocycles. The van der Waals surface area contributed by atoms with E-state index < -0.39 is 0 Å². The standard InChI is InChI=1S/C12H18N2O.ClH/c1-9(12(14)15)7-11(13)8-10-5-3-2-4-6-10;/h2-6,9,11H,7-8,13H2,1H3,(H2,14,15);1H. The van der Waals surface area contributed by atoms with Crippen LogP contribution < -0.4 is 11.5 Å². The number of primary amides is 1. The summed E-state index contributed by atoms with van der Waals surface area (Å²) in [6.45, 7) is 1.81. The molecule has 0 aliphatic rings. The average molecular weight is 243 g/mol. The Bertz CT molecular complexity index is 316. The molecule has 90 valence electrons. The van der Waals surface area contributed by atoms with Gasteiger partial charge in [-0.15, -0.1) is 12.4 Å². The van der Waals surface area contributed by atoms with Crippen LogP contribution in [0.3, 0.4) is 0 Å². The van der Waals surface area contributed by atoms with Crippen LogP contribution in [0.25, 0.3) is 0 Å². The van der Waals surface area contributed by atoms with Crippen molar-refractivity contribution in [2.45, 2.75) is 25.8 Å². The monoisotopic (exact) mass is 242 g/mol. The minimum Gasteiger partial charge on any atom is -0.369 e. The van der Waals surface area contributed by atoms with Crippen LogP contribution >= 0.6 is 12.4 Å². The molecule has 3 nitrogen and oxygen atoms in total. The van der Waals surface area contributed by atoms with E-state index in [1.807, 2.05) is 37.3 Å². The van der Waals surface area contributed by atoms with Gasteiger partial charge in [-0.2, -0.15) is 0 Å². The third-order valence-electron chi connectivity index (χ3n) is 2.48. The van der Waals surface area contributed by atoms with Crippen LogP contribution in [-0.2, 0) is 11.2 Å². The topological polar surface area (TPSA) is 69.1 Å². The quantitative estimate of drug-likeness (QED) is 0.822. The maximum Gasteiger partial charge on any atom is 0.220 e. The van der Waals surface area contributed by atoms with Crippen LogP contribution in [0.5, 0.6) is 0 Å².